The van der Waals surface area contributed by atoms with Crippen molar-refractivity contribution < 1.29 is 144 Å². The third-order valence-corrected chi connectivity index (χ3v) is 10.0. The van der Waals surface area contributed by atoms with Gasteiger partial charge >= 0.3 is 109 Å². The summed E-state index contributed by atoms with van der Waals surface area (Å²) in [7, 11) is -10.5. The molecule has 2 heterocycles. The van der Waals surface area contributed by atoms with Gasteiger partial charge in [0, 0.05) is 6.54 Å². The van der Waals surface area contributed by atoms with Crippen molar-refractivity contribution in [2.75, 3.05) is 5.32 Å². The van der Waals surface area contributed by atoms with Gasteiger partial charge in [-0.05, 0) is 91.0 Å². The van der Waals surface area contributed by atoms with Crippen LogP contribution >= 0.6 is 11.6 Å². The van der Waals surface area contributed by atoms with E-state index in [0.29, 0.717) is 22.4 Å². The van der Waals surface area contributed by atoms with Gasteiger partial charge in [0.15, 0.2) is 5.69 Å². The Morgan fingerprint density at radius 1 is 0.929 bits per heavy atom. The number of azo groups is 1. The van der Waals surface area contributed by atoms with E-state index in [2.05, 4.69) is 37.4 Å². The molecule has 0 amide bonds. The predicted molar refractivity (Wildman–Crippen MR) is 194 cm³/mol. The van der Waals surface area contributed by atoms with Crippen molar-refractivity contribution in [2.24, 2.45) is 10.2 Å². The molecule has 0 unspecified atom stereocenters. The second-order valence-electron chi connectivity index (χ2n) is 12.0. The van der Waals surface area contributed by atoms with Crippen LogP contribution in [-0.2, 0) is 33.2 Å². The molecule has 290 valence electrons. The second-order valence-corrected chi connectivity index (χ2v) is 15.1. The molecular formula is C33H37ClK2N8O10S2. The van der Waals surface area contributed by atoms with Crippen LogP contribution in [0.15, 0.2) is 61.2 Å². The first-order valence-corrected chi connectivity index (χ1v) is 19.9. The van der Waals surface area contributed by atoms with E-state index in [1.54, 1.807) is 12.1 Å². The maximum Gasteiger partial charge on any atom is 1.00 e. The normalized spacial score (nSPS) is 11.5. The van der Waals surface area contributed by atoms with Gasteiger partial charge in [0.2, 0.25) is 11.2 Å². The standard InChI is InChI=1S/C33H39ClN8O10S2.2K/c1-4-6-7-8-9-10-11-12-20-13-15-21(16-14-20)52-33-38-31(34)37-32(39-33)36-22-17-23(25(54(49,50)51)18-24(22)53(46,47)48)40-41-27-19(3)26(28(35)43)29(44)42(5-2)30(27)45;;/h13-18,44H,4-12H2,1-3H3,(H2,35,43)(H,46,47,48)(H,49,50,51)(H,36,37,38,39);;/q;2*+1/p-2. The van der Waals surface area contributed by atoms with Gasteiger partial charge in [-0.2, -0.15) is 31.8 Å². The Labute approximate surface area is 413 Å². The number of halogens is 1. The topological polar surface area (TPSA) is 285 Å². The quantitative estimate of drug-likeness (QED) is 0.0245. The van der Waals surface area contributed by atoms with Gasteiger partial charge in [-0.25, -0.2) is 0 Å². The van der Waals surface area contributed by atoms with Gasteiger partial charge in [0.1, 0.15) is 21.2 Å². The molecule has 23 heteroatoms. The number of aryl methyl sites for hydroxylation is 1. The van der Waals surface area contributed by atoms with Crippen LogP contribution in [0.5, 0.6) is 17.6 Å². The molecule has 0 saturated carbocycles. The van der Waals surface area contributed by atoms with Crippen LogP contribution in [0.2, 0.25) is 5.28 Å². The van der Waals surface area contributed by atoms with Gasteiger partial charge < -0.3 is 30.2 Å². The number of anilines is 2. The molecule has 0 radical (unpaired) electrons. The monoisotopic (exact) mass is 882 g/mol. The van der Waals surface area contributed by atoms with Crippen LogP contribution in [0.3, 0.4) is 0 Å². The minimum atomic E-state index is -5.29. The van der Waals surface area contributed by atoms with E-state index >= 15 is 0 Å². The molecule has 0 atom stereocenters. The summed E-state index contributed by atoms with van der Waals surface area (Å²) in [5.74, 6) is -2.58. The molecule has 0 bridgehead atoms. The van der Waals surface area contributed by atoms with Crippen molar-refractivity contribution in [1.29, 1.82) is 5.41 Å². The number of pyridine rings is 1. The van der Waals surface area contributed by atoms with Gasteiger partial charge in [-0.3, -0.25) is 13.9 Å². The van der Waals surface area contributed by atoms with E-state index in [1.165, 1.54) is 39.0 Å². The summed E-state index contributed by atoms with van der Waals surface area (Å²) in [5.41, 5.74) is -2.98. The Hall–Kier alpha value is -1.75. The summed E-state index contributed by atoms with van der Waals surface area (Å²) in [6.07, 6.45) is 9.19. The molecule has 2 aromatic heterocycles. The van der Waals surface area contributed by atoms with Crippen LogP contribution in [0.1, 0.15) is 75.5 Å². The van der Waals surface area contributed by atoms with Crippen molar-refractivity contribution in [3.8, 4) is 17.6 Å². The maximum atomic E-state index is 13.0. The molecule has 56 heavy (non-hydrogen) atoms. The van der Waals surface area contributed by atoms with E-state index in [-0.39, 0.29) is 121 Å². The molecule has 0 fully saturated rings. The number of nitrogens with one attached hydrogen (secondary N) is 2. The average molecular weight is 883 g/mol. The number of aromatic nitrogens is 4. The zero-order valence-electron chi connectivity index (χ0n) is 31.4. The van der Waals surface area contributed by atoms with Crippen molar-refractivity contribution in [3.05, 3.63) is 68.7 Å². The first-order valence-electron chi connectivity index (χ1n) is 16.6. The Bertz CT molecular complexity index is 2350. The number of unbranched alkanes of at least 4 members (excludes halogenated alkanes) is 6. The first-order chi connectivity index (χ1) is 25.4. The molecule has 18 nitrogen and oxygen atoms in total. The Kier molecular flexibility index (Phi) is 20.3. The van der Waals surface area contributed by atoms with Crippen molar-refractivity contribution in [1.82, 2.24) is 19.5 Å². The molecule has 4 aromatic rings. The SMILES string of the molecule is CCCCCCCCCc1ccc(Oc2nc(Cl)nc(Nc3cc(N=Nc4c(C)c(C(=N)[O-])c([O-])n(CC)c4=O)c(S(=O)(=O)O)cc3S(=O)(=O)O)n2)cc1.[K+].[K+]. The maximum absolute atomic E-state index is 13.0. The third kappa shape index (κ3) is 13.7. The van der Waals surface area contributed by atoms with E-state index < -0.39 is 81.2 Å². The average Bonchev–Trinajstić information content (AvgIpc) is 3.07. The molecule has 4 N–H and O–H groups in total. The van der Waals surface area contributed by atoms with Crippen LogP contribution < -0.4 is 129 Å². The van der Waals surface area contributed by atoms with Gasteiger partial charge in [0.25, 0.3) is 25.8 Å². The summed E-state index contributed by atoms with van der Waals surface area (Å²) in [5, 5.41) is 41.4. The Morgan fingerprint density at radius 2 is 1.54 bits per heavy atom. The molecular weight excluding hydrogens is 846 g/mol. The van der Waals surface area contributed by atoms with Gasteiger partial charge in [0.05, 0.1) is 5.69 Å². The second kappa shape index (κ2) is 22.6. The summed E-state index contributed by atoms with van der Waals surface area (Å²) in [4.78, 5) is 22.6. The molecule has 0 saturated heterocycles. The Morgan fingerprint density at radius 3 is 2.11 bits per heavy atom. The smallest absolute Gasteiger partial charge is 0.860 e. The van der Waals surface area contributed by atoms with E-state index in [4.69, 9.17) is 21.7 Å². The van der Waals surface area contributed by atoms with Crippen molar-refractivity contribution >= 4 is 60.7 Å². The number of nitrogens with zero attached hydrogens (tertiary/aromatic N) is 6. The fourth-order valence-corrected chi connectivity index (χ4v) is 6.90. The summed E-state index contributed by atoms with van der Waals surface area (Å²) in [6, 6.07) is 7.92. The van der Waals surface area contributed by atoms with Crippen molar-refractivity contribution in [2.45, 2.75) is 88.5 Å². The molecule has 0 spiro atoms. The number of benzene rings is 2. The van der Waals surface area contributed by atoms with Gasteiger partial charge in [-0.15, -0.1) is 10.2 Å². The van der Waals surface area contributed by atoms with Crippen LogP contribution in [0.25, 0.3) is 0 Å². The van der Waals surface area contributed by atoms with E-state index in [9.17, 15) is 40.9 Å². The zero-order chi connectivity index (χ0) is 39.8. The molecule has 4 rings (SSSR count). The van der Waals surface area contributed by atoms with Crippen molar-refractivity contribution in [3.63, 3.8) is 0 Å². The third-order valence-electron chi connectivity index (χ3n) is 8.09. The van der Waals surface area contributed by atoms with Crippen LogP contribution in [0.4, 0.5) is 23.0 Å². The zero-order valence-corrected chi connectivity index (χ0v) is 40.0. The summed E-state index contributed by atoms with van der Waals surface area (Å²) >= 11 is 6.10. The molecule has 0 aliphatic rings. The fraction of sp³-hybridized carbons (Fsp3) is 0.364. The first kappa shape index (κ1) is 50.4. The minimum Gasteiger partial charge on any atom is -0.860 e. The number of ether oxygens (including phenoxy) is 1. The van der Waals surface area contributed by atoms with E-state index in [1.807, 2.05) is 12.1 Å². The van der Waals surface area contributed by atoms with Crippen LogP contribution in [-0.4, -0.2) is 51.4 Å². The van der Waals surface area contributed by atoms with Gasteiger partial charge in [-0.1, -0.05) is 57.6 Å². The molecule has 2 aromatic carbocycles. The predicted octanol–water partition coefficient (Wildman–Crippen LogP) is -0.480. The van der Waals surface area contributed by atoms with Crippen LogP contribution in [0, 0.1) is 12.3 Å². The minimum absolute atomic E-state index is 0. The Balaban J connectivity index is 0.00000541. The molecule has 0 aliphatic carbocycles. The number of hydrogen-bond acceptors (Lipinski definition) is 15. The largest absolute Gasteiger partial charge is 1.00 e. The summed E-state index contributed by atoms with van der Waals surface area (Å²) < 4.78 is 75.8. The molecule has 0 aliphatic heterocycles. The van der Waals surface area contributed by atoms with E-state index in [0.717, 1.165) is 31.7 Å². The summed E-state index contributed by atoms with van der Waals surface area (Å²) in [6.45, 7) is 4.52. The fourth-order valence-electron chi connectivity index (χ4n) is 5.39. The number of hydrogen-bond donors (Lipinski definition) is 4. The number of rotatable bonds is 18.